The first kappa shape index (κ1) is 17.1. The molecule has 4 nitrogen and oxygen atoms in total. The molecule has 2 heterocycles. The number of carbonyl (C=O) groups is 1. The van der Waals surface area contributed by atoms with Crippen molar-refractivity contribution in [2.75, 3.05) is 23.3 Å². The van der Waals surface area contributed by atoms with Crippen molar-refractivity contribution in [1.29, 1.82) is 0 Å². The first-order valence-corrected chi connectivity index (χ1v) is 8.76. The number of hydrogen-bond donors (Lipinski definition) is 1. The fraction of sp³-hybridized carbons (Fsp3) is 0.333. The zero-order valence-corrected chi connectivity index (χ0v) is 14.9. The summed E-state index contributed by atoms with van der Waals surface area (Å²) in [4.78, 5) is 18.9. The Kier molecular flexibility index (Phi) is 5.27. The topological polar surface area (TPSA) is 45.2 Å². The molecule has 0 bridgehead atoms. The van der Waals surface area contributed by atoms with Gasteiger partial charge >= 0.3 is 0 Å². The molecular weight excluding hydrogens is 345 g/mol. The van der Waals surface area contributed by atoms with Crippen molar-refractivity contribution < 1.29 is 4.79 Å². The van der Waals surface area contributed by atoms with Crippen LogP contribution in [-0.2, 0) is 0 Å². The van der Waals surface area contributed by atoms with Crippen LogP contribution >= 0.6 is 23.2 Å². The van der Waals surface area contributed by atoms with E-state index in [1.54, 1.807) is 24.4 Å². The summed E-state index contributed by atoms with van der Waals surface area (Å²) in [6.45, 7) is 4.29. The van der Waals surface area contributed by atoms with Gasteiger partial charge in [-0.15, -0.1) is 0 Å². The van der Waals surface area contributed by atoms with Crippen molar-refractivity contribution in [2.24, 2.45) is 5.92 Å². The molecule has 0 spiro atoms. The Labute approximate surface area is 151 Å². The van der Waals surface area contributed by atoms with E-state index in [-0.39, 0.29) is 5.91 Å². The molecule has 126 valence electrons. The summed E-state index contributed by atoms with van der Waals surface area (Å²) in [5.41, 5.74) is 1.87. The van der Waals surface area contributed by atoms with Crippen molar-refractivity contribution in [3.63, 3.8) is 0 Å². The van der Waals surface area contributed by atoms with Crippen LogP contribution in [0.15, 0.2) is 36.5 Å². The lowest BCUT2D eigenvalue weighted by Crippen LogP contribution is -2.33. The fourth-order valence-electron chi connectivity index (χ4n) is 2.79. The number of halogens is 2. The van der Waals surface area contributed by atoms with Crippen LogP contribution in [0.2, 0.25) is 10.0 Å². The quantitative estimate of drug-likeness (QED) is 0.845. The van der Waals surface area contributed by atoms with Crippen LogP contribution in [0.4, 0.5) is 11.4 Å². The molecule has 1 fully saturated rings. The standard InChI is InChI=1S/C18H19Cl2N3O/c1-12-6-9-23(10-7-12)13-5-8-21-16(11-13)18(24)22-15-4-2-3-14(19)17(15)20/h2-5,8,11-12H,6-7,9-10H2,1H3,(H,22,24). The molecule has 1 amide bonds. The number of anilines is 2. The van der Waals surface area contributed by atoms with E-state index in [1.807, 2.05) is 12.1 Å². The van der Waals surface area contributed by atoms with Gasteiger partial charge in [0.15, 0.2) is 0 Å². The normalized spacial score (nSPS) is 15.4. The number of benzene rings is 1. The van der Waals surface area contributed by atoms with E-state index < -0.39 is 0 Å². The van der Waals surface area contributed by atoms with E-state index in [1.165, 1.54) is 12.8 Å². The highest BCUT2D eigenvalue weighted by Crippen LogP contribution is 2.30. The number of pyridine rings is 1. The van der Waals surface area contributed by atoms with Crippen molar-refractivity contribution in [1.82, 2.24) is 4.98 Å². The molecule has 2 aromatic rings. The van der Waals surface area contributed by atoms with Gasteiger partial charge in [-0.3, -0.25) is 9.78 Å². The SMILES string of the molecule is CC1CCN(c2ccnc(C(=O)Nc3cccc(Cl)c3Cl)c2)CC1. The van der Waals surface area contributed by atoms with Gasteiger partial charge in [-0.05, 0) is 43.0 Å². The maximum atomic E-state index is 12.5. The number of nitrogens with one attached hydrogen (secondary N) is 1. The third-order valence-electron chi connectivity index (χ3n) is 4.32. The summed E-state index contributed by atoms with van der Waals surface area (Å²) >= 11 is 12.1. The number of nitrogens with zero attached hydrogens (tertiary/aromatic N) is 2. The molecule has 1 aliphatic rings. The smallest absolute Gasteiger partial charge is 0.274 e. The zero-order valence-electron chi connectivity index (χ0n) is 13.4. The van der Waals surface area contributed by atoms with Crippen LogP contribution in [-0.4, -0.2) is 24.0 Å². The van der Waals surface area contributed by atoms with E-state index in [2.05, 4.69) is 22.1 Å². The van der Waals surface area contributed by atoms with Crippen molar-refractivity contribution in [3.8, 4) is 0 Å². The first-order valence-electron chi connectivity index (χ1n) is 8.01. The van der Waals surface area contributed by atoms with Gasteiger partial charge in [0.1, 0.15) is 5.69 Å². The molecule has 1 N–H and O–H groups in total. The van der Waals surface area contributed by atoms with Gasteiger partial charge in [0, 0.05) is 25.0 Å². The van der Waals surface area contributed by atoms with E-state index in [0.29, 0.717) is 21.4 Å². The molecule has 0 saturated carbocycles. The van der Waals surface area contributed by atoms with E-state index in [0.717, 1.165) is 24.7 Å². The predicted molar refractivity (Wildman–Crippen MR) is 99.3 cm³/mol. The lowest BCUT2D eigenvalue weighted by Gasteiger charge is -2.32. The zero-order chi connectivity index (χ0) is 17.1. The molecule has 6 heteroatoms. The lowest BCUT2D eigenvalue weighted by atomic mass is 9.99. The van der Waals surface area contributed by atoms with Gasteiger partial charge < -0.3 is 10.2 Å². The Balaban J connectivity index is 1.76. The molecule has 0 aliphatic carbocycles. The van der Waals surface area contributed by atoms with E-state index in [9.17, 15) is 4.79 Å². The number of amides is 1. The van der Waals surface area contributed by atoms with Crippen LogP contribution in [0.25, 0.3) is 0 Å². The third kappa shape index (κ3) is 3.82. The second-order valence-corrected chi connectivity index (χ2v) is 6.91. The number of aromatic nitrogens is 1. The second-order valence-electron chi connectivity index (χ2n) is 6.12. The van der Waals surface area contributed by atoms with Gasteiger partial charge in [0.2, 0.25) is 0 Å². The van der Waals surface area contributed by atoms with Crippen molar-refractivity contribution in [2.45, 2.75) is 19.8 Å². The Bertz CT molecular complexity index is 743. The van der Waals surface area contributed by atoms with E-state index in [4.69, 9.17) is 23.2 Å². The molecule has 24 heavy (non-hydrogen) atoms. The molecule has 0 unspecified atom stereocenters. The van der Waals surface area contributed by atoms with Gasteiger partial charge in [0.05, 0.1) is 15.7 Å². The van der Waals surface area contributed by atoms with Crippen LogP contribution in [0, 0.1) is 5.92 Å². The Morgan fingerprint density at radius 1 is 1.25 bits per heavy atom. The summed E-state index contributed by atoms with van der Waals surface area (Å²) in [5, 5.41) is 3.50. The van der Waals surface area contributed by atoms with Crippen molar-refractivity contribution >= 4 is 40.5 Å². The molecule has 1 aromatic heterocycles. The van der Waals surface area contributed by atoms with Crippen LogP contribution in [0.3, 0.4) is 0 Å². The monoisotopic (exact) mass is 363 g/mol. The second kappa shape index (κ2) is 7.41. The Morgan fingerprint density at radius 2 is 2.00 bits per heavy atom. The molecule has 3 rings (SSSR count). The Hall–Kier alpha value is -1.78. The highest BCUT2D eigenvalue weighted by atomic mass is 35.5. The predicted octanol–water partition coefficient (Wildman–Crippen LogP) is 4.88. The molecule has 1 aromatic carbocycles. The minimum Gasteiger partial charge on any atom is -0.371 e. The van der Waals surface area contributed by atoms with Crippen LogP contribution < -0.4 is 10.2 Å². The largest absolute Gasteiger partial charge is 0.371 e. The maximum Gasteiger partial charge on any atom is 0.274 e. The highest BCUT2D eigenvalue weighted by Gasteiger charge is 2.18. The van der Waals surface area contributed by atoms with Crippen LogP contribution in [0.1, 0.15) is 30.3 Å². The number of piperidine rings is 1. The van der Waals surface area contributed by atoms with Gasteiger partial charge in [-0.2, -0.15) is 0 Å². The average molecular weight is 364 g/mol. The summed E-state index contributed by atoms with van der Waals surface area (Å²) in [5.74, 6) is 0.460. The van der Waals surface area contributed by atoms with Gasteiger partial charge in [-0.25, -0.2) is 0 Å². The minimum atomic E-state index is -0.300. The summed E-state index contributed by atoms with van der Waals surface area (Å²) < 4.78 is 0. The number of carbonyl (C=O) groups excluding carboxylic acids is 1. The van der Waals surface area contributed by atoms with Crippen molar-refractivity contribution in [3.05, 3.63) is 52.3 Å². The number of hydrogen-bond acceptors (Lipinski definition) is 3. The highest BCUT2D eigenvalue weighted by molar-refractivity contribution is 6.44. The minimum absolute atomic E-state index is 0.300. The van der Waals surface area contributed by atoms with Gasteiger partial charge in [-0.1, -0.05) is 36.2 Å². The third-order valence-corrected chi connectivity index (χ3v) is 5.14. The maximum absolute atomic E-state index is 12.5. The Morgan fingerprint density at radius 3 is 2.75 bits per heavy atom. The van der Waals surface area contributed by atoms with E-state index >= 15 is 0 Å². The molecule has 1 saturated heterocycles. The van der Waals surface area contributed by atoms with Crippen LogP contribution in [0.5, 0.6) is 0 Å². The number of rotatable bonds is 3. The average Bonchev–Trinajstić information content (AvgIpc) is 2.60. The first-order chi connectivity index (χ1) is 11.5. The summed E-state index contributed by atoms with van der Waals surface area (Å²) in [6.07, 6.45) is 4.01. The molecule has 0 radical (unpaired) electrons. The van der Waals surface area contributed by atoms with Gasteiger partial charge in [0.25, 0.3) is 5.91 Å². The fourth-order valence-corrected chi connectivity index (χ4v) is 3.14. The molecule has 0 atom stereocenters. The molecular formula is C18H19Cl2N3O. The summed E-state index contributed by atoms with van der Waals surface area (Å²) in [7, 11) is 0. The lowest BCUT2D eigenvalue weighted by molar-refractivity contribution is 0.102. The summed E-state index contributed by atoms with van der Waals surface area (Å²) in [6, 6.07) is 8.89. The molecule has 1 aliphatic heterocycles.